The highest BCUT2D eigenvalue weighted by Crippen LogP contribution is 2.41. The Labute approximate surface area is 96.6 Å². The Morgan fingerprint density at radius 1 is 1.44 bits per heavy atom. The van der Waals surface area contributed by atoms with E-state index in [1.165, 1.54) is 0 Å². The molecule has 1 heterocycles. The fourth-order valence-corrected chi connectivity index (χ4v) is 4.28. The SMILES string of the molecule is CCC(C)(N)C1CS(=O)(=O)c2ccccc21. The molecule has 1 aromatic carbocycles. The van der Waals surface area contributed by atoms with Crippen LogP contribution in [0.5, 0.6) is 0 Å². The van der Waals surface area contributed by atoms with E-state index in [1.807, 2.05) is 26.0 Å². The minimum Gasteiger partial charge on any atom is -0.325 e. The van der Waals surface area contributed by atoms with Crippen molar-refractivity contribution in [2.75, 3.05) is 5.75 Å². The summed E-state index contributed by atoms with van der Waals surface area (Å²) in [6.07, 6.45) is 0.765. The Kier molecular flexibility index (Phi) is 2.59. The van der Waals surface area contributed by atoms with Crippen molar-refractivity contribution in [1.29, 1.82) is 0 Å². The number of benzene rings is 1. The Hall–Kier alpha value is -0.870. The molecule has 4 heteroatoms. The molecule has 0 aliphatic carbocycles. The van der Waals surface area contributed by atoms with Gasteiger partial charge in [-0.2, -0.15) is 0 Å². The second-order valence-electron chi connectivity index (χ2n) is 4.73. The van der Waals surface area contributed by atoms with E-state index in [0.29, 0.717) is 4.90 Å². The summed E-state index contributed by atoms with van der Waals surface area (Å²) in [5.74, 6) is 0.0615. The van der Waals surface area contributed by atoms with E-state index in [0.717, 1.165) is 12.0 Å². The van der Waals surface area contributed by atoms with Crippen LogP contribution in [0.3, 0.4) is 0 Å². The maximum Gasteiger partial charge on any atom is 0.179 e. The van der Waals surface area contributed by atoms with Gasteiger partial charge in [-0.1, -0.05) is 25.1 Å². The summed E-state index contributed by atoms with van der Waals surface area (Å²) in [5.41, 5.74) is 6.62. The van der Waals surface area contributed by atoms with Crippen LogP contribution in [0.25, 0.3) is 0 Å². The second kappa shape index (κ2) is 3.57. The average molecular weight is 239 g/mol. The molecule has 0 saturated heterocycles. The van der Waals surface area contributed by atoms with Gasteiger partial charge in [0.1, 0.15) is 0 Å². The first-order valence-electron chi connectivity index (χ1n) is 5.49. The quantitative estimate of drug-likeness (QED) is 0.854. The molecular formula is C12H17NO2S. The lowest BCUT2D eigenvalue weighted by atomic mass is 9.81. The van der Waals surface area contributed by atoms with Crippen LogP contribution >= 0.6 is 0 Å². The highest BCUT2D eigenvalue weighted by Gasteiger charge is 2.42. The summed E-state index contributed by atoms with van der Waals surface area (Å²) in [6, 6.07) is 7.19. The molecule has 1 aliphatic heterocycles. The first kappa shape index (κ1) is 11.6. The van der Waals surface area contributed by atoms with Gasteiger partial charge in [-0.25, -0.2) is 8.42 Å². The predicted octanol–water partition coefficient (Wildman–Crippen LogP) is 1.68. The molecular weight excluding hydrogens is 222 g/mol. The van der Waals surface area contributed by atoms with E-state index in [1.54, 1.807) is 12.1 Å². The third-order valence-corrected chi connectivity index (χ3v) is 5.39. The standard InChI is InChI=1S/C12H17NO2S/c1-3-12(2,13)10-8-16(14,15)11-7-5-4-6-9(10)11/h4-7,10H,3,8,13H2,1-2H3. The van der Waals surface area contributed by atoms with Gasteiger partial charge < -0.3 is 5.73 Å². The first-order valence-corrected chi connectivity index (χ1v) is 7.14. The van der Waals surface area contributed by atoms with Crippen molar-refractivity contribution in [2.24, 2.45) is 5.73 Å². The van der Waals surface area contributed by atoms with Crippen LogP contribution in [-0.4, -0.2) is 19.7 Å². The van der Waals surface area contributed by atoms with Gasteiger partial charge in [0.2, 0.25) is 0 Å². The lowest BCUT2D eigenvalue weighted by Crippen LogP contribution is -2.42. The van der Waals surface area contributed by atoms with Gasteiger partial charge in [-0.05, 0) is 25.0 Å². The number of rotatable bonds is 2. The summed E-state index contributed by atoms with van der Waals surface area (Å²) in [5, 5.41) is 0. The number of sulfone groups is 1. The number of nitrogens with two attached hydrogens (primary N) is 1. The summed E-state index contributed by atoms with van der Waals surface area (Å²) >= 11 is 0. The van der Waals surface area contributed by atoms with Crippen molar-refractivity contribution in [3.05, 3.63) is 29.8 Å². The Bertz CT molecular complexity index is 506. The van der Waals surface area contributed by atoms with Crippen molar-refractivity contribution < 1.29 is 8.42 Å². The number of hydrogen-bond donors (Lipinski definition) is 1. The zero-order valence-corrected chi connectivity index (χ0v) is 10.4. The van der Waals surface area contributed by atoms with Crippen molar-refractivity contribution >= 4 is 9.84 Å². The molecule has 0 saturated carbocycles. The molecule has 3 nitrogen and oxygen atoms in total. The fourth-order valence-electron chi connectivity index (χ4n) is 2.24. The van der Waals surface area contributed by atoms with Crippen LogP contribution in [0.15, 0.2) is 29.2 Å². The summed E-state index contributed by atoms with van der Waals surface area (Å²) < 4.78 is 23.9. The molecule has 0 aromatic heterocycles. The van der Waals surface area contributed by atoms with Gasteiger partial charge in [-0.15, -0.1) is 0 Å². The molecule has 0 fully saturated rings. The van der Waals surface area contributed by atoms with Crippen LogP contribution < -0.4 is 5.73 Å². The van der Waals surface area contributed by atoms with Gasteiger partial charge in [0.05, 0.1) is 10.6 Å². The monoisotopic (exact) mass is 239 g/mol. The van der Waals surface area contributed by atoms with Crippen LogP contribution in [0.4, 0.5) is 0 Å². The molecule has 2 unspecified atom stereocenters. The lowest BCUT2D eigenvalue weighted by molar-refractivity contribution is 0.386. The van der Waals surface area contributed by atoms with E-state index in [2.05, 4.69) is 0 Å². The maximum absolute atomic E-state index is 12.0. The lowest BCUT2D eigenvalue weighted by Gasteiger charge is -2.30. The minimum absolute atomic E-state index is 0.0845. The van der Waals surface area contributed by atoms with E-state index >= 15 is 0 Å². The van der Waals surface area contributed by atoms with Gasteiger partial charge >= 0.3 is 0 Å². The molecule has 2 N–H and O–H groups in total. The van der Waals surface area contributed by atoms with Crippen molar-refractivity contribution in [1.82, 2.24) is 0 Å². The van der Waals surface area contributed by atoms with E-state index in [9.17, 15) is 8.42 Å². The van der Waals surface area contributed by atoms with Crippen LogP contribution in [0, 0.1) is 0 Å². The van der Waals surface area contributed by atoms with Crippen molar-refractivity contribution in [3.63, 3.8) is 0 Å². The summed E-state index contributed by atoms with van der Waals surface area (Å²) in [7, 11) is -3.13. The van der Waals surface area contributed by atoms with E-state index < -0.39 is 15.4 Å². The Morgan fingerprint density at radius 2 is 2.06 bits per heavy atom. The number of hydrogen-bond acceptors (Lipinski definition) is 3. The predicted molar refractivity (Wildman–Crippen MR) is 64.1 cm³/mol. The Balaban J connectivity index is 2.57. The molecule has 1 aromatic rings. The van der Waals surface area contributed by atoms with Crippen molar-refractivity contribution in [2.45, 2.75) is 36.6 Å². The smallest absolute Gasteiger partial charge is 0.179 e. The highest BCUT2D eigenvalue weighted by molar-refractivity contribution is 7.91. The zero-order valence-electron chi connectivity index (χ0n) is 9.60. The second-order valence-corrected chi connectivity index (χ2v) is 6.73. The first-order chi connectivity index (χ1) is 7.38. The molecule has 16 heavy (non-hydrogen) atoms. The van der Waals surface area contributed by atoms with Gasteiger partial charge in [0.15, 0.2) is 9.84 Å². The minimum atomic E-state index is -3.13. The largest absolute Gasteiger partial charge is 0.325 e. The Morgan fingerprint density at radius 3 is 2.69 bits per heavy atom. The average Bonchev–Trinajstić information content (AvgIpc) is 2.53. The van der Waals surface area contributed by atoms with Crippen molar-refractivity contribution in [3.8, 4) is 0 Å². The molecule has 0 bridgehead atoms. The number of fused-ring (bicyclic) bond motifs is 1. The zero-order chi connectivity index (χ0) is 12.0. The molecule has 0 radical (unpaired) electrons. The molecule has 0 spiro atoms. The third-order valence-electron chi connectivity index (χ3n) is 3.57. The molecule has 2 rings (SSSR count). The highest BCUT2D eigenvalue weighted by atomic mass is 32.2. The van der Waals surface area contributed by atoms with Crippen LogP contribution in [-0.2, 0) is 9.84 Å². The van der Waals surface area contributed by atoms with E-state index in [-0.39, 0.29) is 11.7 Å². The van der Waals surface area contributed by atoms with E-state index in [4.69, 9.17) is 5.73 Å². The molecule has 2 atom stereocenters. The van der Waals surface area contributed by atoms with Gasteiger partial charge in [0.25, 0.3) is 0 Å². The summed E-state index contributed by atoms with van der Waals surface area (Å²) in [6.45, 7) is 3.92. The molecule has 0 amide bonds. The van der Waals surface area contributed by atoms with Crippen LogP contribution in [0.1, 0.15) is 31.7 Å². The van der Waals surface area contributed by atoms with Crippen LogP contribution in [0.2, 0.25) is 0 Å². The topological polar surface area (TPSA) is 60.2 Å². The van der Waals surface area contributed by atoms with Gasteiger partial charge in [0, 0.05) is 11.5 Å². The third kappa shape index (κ3) is 1.66. The normalized spacial score (nSPS) is 26.1. The maximum atomic E-state index is 12.0. The fraction of sp³-hybridized carbons (Fsp3) is 0.500. The summed E-state index contributed by atoms with van der Waals surface area (Å²) in [4.78, 5) is 0.463. The van der Waals surface area contributed by atoms with Gasteiger partial charge in [-0.3, -0.25) is 0 Å². The molecule has 88 valence electrons. The molecule has 1 aliphatic rings.